The van der Waals surface area contributed by atoms with Gasteiger partial charge in [-0.2, -0.15) is 0 Å². The summed E-state index contributed by atoms with van der Waals surface area (Å²) < 4.78 is 13.7. The quantitative estimate of drug-likeness (QED) is 0.678. The first-order valence-corrected chi connectivity index (χ1v) is 7.39. The molecule has 0 bridgehead atoms. The zero-order valence-electron chi connectivity index (χ0n) is 10.6. The zero-order chi connectivity index (χ0) is 14.9. The van der Waals surface area contributed by atoms with Gasteiger partial charge in [-0.1, -0.05) is 29.3 Å². The SMILES string of the molecule is CC(Nc1cc(Br)c(F)cc1N)c1ccc(Cl)cc1Cl. The first-order valence-electron chi connectivity index (χ1n) is 5.84. The molecule has 1 unspecified atom stereocenters. The molecule has 1 atom stereocenters. The van der Waals surface area contributed by atoms with E-state index >= 15 is 0 Å². The molecule has 0 aliphatic carbocycles. The number of rotatable bonds is 3. The second-order valence-corrected chi connectivity index (χ2v) is 6.08. The van der Waals surface area contributed by atoms with Gasteiger partial charge in [-0.3, -0.25) is 0 Å². The molecule has 6 heteroatoms. The third-order valence-corrected chi connectivity index (χ3v) is 4.06. The van der Waals surface area contributed by atoms with E-state index in [0.29, 0.717) is 25.9 Å². The summed E-state index contributed by atoms with van der Waals surface area (Å²) in [4.78, 5) is 0. The van der Waals surface area contributed by atoms with Gasteiger partial charge < -0.3 is 11.1 Å². The van der Waals surface area contributed by atoms with Gasteiger partial charge in [0.25, 0.3) is 0 Å². The van der Waals surface area contributed by atoms with E-state index in [1.165, 1.54) is 6.07 Å². The van der Waals surface area contributed by atoms with Crippen LogP contribution >= 0.6 is 39.1 Å². The van der Waals surface area contributed by atoms with E-state index in [9.17, 15) is 4.39 Å². The van der Waals surface area contributed by atoms with Crippen LogP contribution in [0.1, 0.15) is 18.5 Å². The highest BCUT2D eigenvalue weighted by molar-refractivity contribution is 9.10. The highest BCUT2D eigenvalue weighted by Crippen LogP contribution is 2.32. The van der Waals surface area contributed by atoms with Gasteiger partial charge in [-0.05, 0) is 46.6 Å². The summed E-state index contributed by atoms with van der Waals surface area (Å²) in [5, 5.41) is 4.35. The molecule has 0 saturated carbocycles. The van der Waals surface area contributed by atoms with Crippen molar-refractivity contribution in [1.29, 1.82) is 0 Å². The first-order chi connectivity index (χ1) is 9.38. The summed E-state index contributed by atoms with van der Waals surface area (Å²) in [5.74, 6) is -0.398. The Labute approximate surface area is 135 Å². The Morgan fingerprint density at radius 1 is 1.25 bits per heavy atom. The summed E-state index contributed by atoms with van der Waals surface area (Å²) in [7, 11) is 0. The van der Waals surface area contributed by atoms with Crippen molar-refractivity contribution >= 4 is 50.5 Å². The highest BCUT2D eigenvalue weighted by Gasteiger charge is 2.13. The van der Waals surface area contributed by atoms with Crippen LogP contribution in [0.5, 0.6) is 0 Å². The third kappa shape index (κ3) is 3.37. The monoisotopic (exact) mass is 376 g/mol. The third-order valence-electron chi connectivity index (χ3n) is 2.89. The van der Waals surface area contributed by atoms with Gasteiger partial charge in [0.1, 0.15) is 5.82 Å². The van der Waals surface area contributed by atoms with Crippen molar-refractivity contribution in [3.63, 3.8) is 0 Å². The Morgan fingerprint density at radius 3 is 2.60 bits per heavy atom. The molecule has 3 N–H and O–H groups in total. The van der Waals surface area contributed by atoms with Crippen LogP contribution in [-0.2, 0) is 0 Å². The Morgan fingerprint density at radius 2 is 1.95 bits per heavy atom. The molecule has 0 spiro atoms. The van der Waals surface area contributed by atoms with Crippen LogP contribution in [0.2, 0.25) is 10.0 Å². The number of nitrogen functional groups attached to an aromatic ring is 1. The Bertz CT molecular complexity index is 649. The van der Waals surface area contributed by atoms with Crippen molar-refractivity contribution < 1.29 is 4.39 Å². The standard InChI is InChI=1S/C14H12BrCl2FN2/c1-7(9-3-2-8(16)4-11(9)17)20-14-5-10(15)12(18)6-13(14)19/h2-7,20H,19H2,1H3. The zero-order valence-corrected chi connectivity index (χ0v) is 13.7. The fourth-order valence-electron chi connectivity index (χ4n) is 1.85. The van der Waals surface area contributed by atoms with Gasteiger partial charge in [0.15, 0.2) is 0 Å². The molecule has 20 heavy (non-hydrogen) atoms. The first kappa shape index (κ1) is 15.4. The van der Waals surface area contributed by atoms with Crippen molar-refractivity contribution in [1.82, 2.24) is 0 Å². The summed E-state index contributed by atoms with van der Waals surface area (Å²) >= 11 is 15.2. The lowest BCUT2D eigenvalue weighted by Gasteiger charge is -2.19. The molecule has 0 radical (unpaired) electrons. The van der Waals surface area contributed by atoms with Gasteiger partial charge in [0, 0.05) is 16.1 Å². The van der Waals surface area contributed by atoms with Crippen LogP contribution < -0.4 is 11.1 Å². The topological polar surface area (TPSA) is 38.0 Å². The number of halogens is 4. The molecule has 106 valence electrons. The Kier molecular flexibility index (Phi) is 4.78. The number of nitrogens with one attached hydrogen (secondary N) is 1. The van der Waals surface area contributed by atoms with Gasteiger partial charge in [-0.25, -0.2) is 4.39 Å². The lowest BCUT2D eigenvalue weighted by atomic mass is 10.1. The van der Waals surface area contributed by atoms with Crippen LogP contribution in [0, 0.1) is 5.82 Å². The number of nitrogens with two attached hydrogens (primary N) is 1. The van der Waals surface area contributed by atoms with Gasteiger partial charge in [0.2, 0.25) is 0 Å². The maximum absolute atomic E-state index is 13.3. The number of hydrogen-bond donors (Lipinski definition) is 2. The Hall–Kier alpha value is -0.970. The number of anilines is 2. The van der Waals surface area contributed by atoms with E-state index in [0.717, 1.165) is 5.56 Å². The van der Waals surface area contributed by atoms with Gasteiger partial charge in [-0.15, -0.1) is 0 Å². The van der Waals surface area contributed by atoms with E-state index in [1.807, 2.05) is 13.0 Å². The van der Waals surface area contributed by atoms with E-state index in [1.54, 1.807) is 18.2 Å². The molecule has 2 nitrogen and oxygen atoms in total. The predicted molar refractivity (Wildman–Crippen MR) is 87.0 cm³/mol. The minimum atomic E-state index is -0.398. The van der Waals surface area contributed by atoms with Crippen molar-refractivity contribution in [2.45, 2.75) is 13.0 Å². The molecule has 0 saturated heterocycles. The summed E-state index contributed by atoms with van der Waals surface area (Å²) in [5.41, 5.74) is 7.66. The minimum absolute atomic E-state index is 0.0978. The second kappa shape index (κ2) is 6.20. The molecule has 0 heterocycles. The largest absolute Gasteiger partial charge is 0.397 e. The number of benzene rings is 2. The van der Waals surface area contributed by atoms with E-state index in [4.69, 9.17) is 28.9 Å². The van der Waals surface area contributed by atoms with Crippen LogP contribution in [0.15, 0.2) is 34.8 Å². The van der Waals surface area contributed by atoms with E-state index < -0.39 is 5.82 Å². The molecule has 0 aliphatic heterocycles. The smallest absolute Gasteiger partial charge is 0.139 e. The number of hydrogen-bond acceptors (Lipinski definition) is 2. The summed E-state index contributed by atoms with van der Waals surface area (Å²) in [6, 6.07) is 8.07. The van der Waals surface area contributed by atoms with E-state index in [2.05, 4.69) is 21.2 Å². The molecular formula is C14H12BrCl2FN2. The minimum Gasteiger partial charge on any atom is -0.397 e. The average molecular weight is 378 g/mol. The lowest BCUT2D eigenvalue weighted by molar-refractivity contribution is 0.622. The van der Waals surface area contributed by atoms with E-state index in [-0.39, 0.29) is 6.04 Å². The molecular weight excluding hydrogens is 366 g/mol. The second-order valence-electron chi connectivity index (χ2n) is 4.39. The van der Waals surface area contributed by atoms with Gasteiger partial charge in [0.05, 0.1) is 21.9 Å². The molecule has 2 rings (SSSR count). The van der Waals surface area contributed by atoms with Crippen molar-refractivity contribution in [2.24, 2.45) is 0 Å². The van der Waals surface area contributed by atoms with Crippen LogP contribution in [-0.4, -0.2) is 0 Å². The molecule has 2 aromatic rings. The van der Waals surface area contributed by atoms with Crippen molar-refractivity contribution in [2.75, 3.05) is 11.1 Å². The van der Waals surface area contributed by atoms with Crippen LogP contribution in [0.25, 0.3) is 0 Å². The fourth-order valence-corrected chi connectivity index (χ4v) is 2.77. The normalized spacial score (nSPS) is 12.2. The molecule has 2 aromatic carbocycles. The van der Waals surface area contributed by atoms with Crippen molar-refractivity contribution in [3.05, 3.63) is 56.2 Å². The average Bonchev–Trinajstić information content (AvgIpc) is 2.35. The van der Waals surface area contributed by atoms with Crippen molar-refractivity contribution in [3.8, 4) is 0 Å². The molecule has 0 aliphatic rings. The maximum Gasteiger partial charge on any atom is 0.139 e. The van der Waals surface area contributed by atoms with Gasteiger partial charge >= 0.3 is 0 Å². The molecule has 0 aromatic heterocycles. The maximum atomic E-state index is 13.3. The summed E-state index contributed by atoms with van der Waals surface area (Å²) in [6.07, 6.45) is 0. The predicted octanol–water partition coefficient (Wildman–Crippen LogP) is 5.65. The lowest BCUT2D eigenvalue weighted by Crippen LogP contribution is -2.09. The fraction of sp³-hybridized carbons (Fsp3) is 0.143. The molecule has 0 amide bonds. The van der Waals surface area contributed by atoms with Crippen LogP contribution in [0.3, 0.4) is 0 Å². The molecule has 0 fully saturated rings. The Balaban J connectivity index is 2.27. The van der Waals surface area contributed by atoms with Crippen LogP contribution in [0.4, 0.5) is 15.8 Å². The highest BCUT2D eigenvalue weighted by atomic mass is 79.9. The summed E-state index contributed by atoms with van der Waals surface area (Å²) in [6.45, 7) is 1.94.